The van der Waals surface area contributed by atoms with E-state index in [2.05, 4.69) is 55.7 Å². The summed E-state index contributed by atoms with van der Waals surface area (Å²) in [6, 6.07) is 9.70. The number of aryl methyl sites for hydroxylation is 1. The number of para-hydroxylation sites is 1. The lowest BCUT2D eigenvalue weighted by Crippen LogP contribution is -2.37. The van der Waals surface area contributed by atoms with Crippen molar-refractivity contribution in [1.82, 2.24) is 15.6 Å². The second-order valence-corrected chi connectivity index (χ2v) is 6.28. The predicted molar refractivity (Wildman–Crippen MR) is 88.5 cm³/mol. The van der Waals surface area contributed by atoms with Crippen molar-refractivity contribution in [3.05, 3.63) is 41.1 Å². The fraction of sp³-hybridized carbons (Fsp3) is 0.500. The molecule has 0 aliphatic heterocycles. The third kappa shape index (κ3) is 3.42. The smallest absolute Gasteiger partial charge is 0.0708 e. The molecule has 0 bridgehead atoms. The maximum atomic E-state index is 4.69. The van der Waals surface area contributed by atoms with Gasteiger partial charge in [-0.3, -0.25) is 4.98 Å². The van der Waals surface area contributed by atoms with E-state index in [-0.39, 0.29) is 0 Å². The van der Waals surface area contributed by atoms with Crippen LogP contribution in [0.2, 0.25) is 0 Å². The fourth-order valence-electron chi connectivity index (χ4n) is 2.72. The molecule has 3 heteroatoms. The lowest BCUT2D eigenvalue weighted by Gasteiger charge is -2.18. The van der Waals surface area contributed by atoms with Gasteiger partial charge in [-0.25, -0.2) is 0 Å². The highest BCUT2D eigenvalue weighted by molar-refractivity contribution is 5.83. The minimum absolute atomic E-state index is 0.484. The monoisotopic (exact) mass is 283 g/mol. The van der Waals surface area contributed by atoms with Crippen molar-refractivity contribution in [1.29, 1.82) is 0 Å². The molecule has 0 spiro atoms. The van der Waals surface area contributed by atoms with E-state index in [4.69, 9.17) is 4.98 Å². The van der Waals surface area contributed by atoms with Crippen molar-refractivity contribution in [2.45, 2.75) is 52.2 Å². The Morgan fingerprint density at radius 3 is 2.76 bits per heavy atom. The lowest BCUT2D eigenvalue weighted by atomic mass is 10.0. The molecule has 1 aliphatic carbocycles. The molecule has 1 aromatic carbocycles. The van der Waals surface area contributed by atoms with Gasteiger partial charge >= 0.3 is 0 Å². The average Bonchev–Trinajstić information content (AvgIpc) is 3.30. The van der Waals surface area contributed by atoms with Gasteiger partial charge in [0.25, 0.3) is 0 Å². The number of nitrogens with one attached hydrogen (secondary N) is 2. The van der Waals surface area contributed by atoms with E-state index >= 15 is 0 Å². The Morgan fingerprint density at radius 1 is 1.24 bits per heavy atom. The van der Waals surface area contributed by atoms with Crippen LogP contribution in [0.1, 0.15) is 36.6 Å². The van der Waals surface area contributed by atoms with Crippen molar-refractivity contribution in [2.75, 3.05) is 6.54 Å². The van der Waals surface area contributed by atoms with Crippen molar-refractivity contribution < 1.29 is 0 Å². The van der Waals surface area contributed by atoms with Crippen LogP contribution in [0.3, 0.4) is 0 Å². The number of benzene rings is 1. The zero-order valence-corrected chi connectivity index (χ0v) is 13.2. The van der Waals surface area contributed by atoms with E-state index in [0.29, 0.717) is 6.04 Å². The number of pyridine rings is 1. The van der Waals surface area contributed by atoms with Crippen molar-refractivity contribution in [3.63, 3.8) is 0 Å². The van der Waals surface area contributed by atoms with Gasteiger partial charge in [-0.2, -0.15) is 0 Å². The molecule has 3 rings (SSSR count). The van der Waals surface area contributed by atoms with E-state index in [1.54, 1.807) is 0 Å². The highest BCUT2D eigenvalue weighted by Crippen LogP contribution is 2.22. The van der Waals surface area contributed by atoms with E-state index in [9.17, 15) is 0 Å². The van der Waals surface area contributed by atoms with Gasteiger partial charge in [0.1, 0.15) is 0 Å². The zero-order valence-electron chi connectivity index (χ0n) is 13.2. The second-order valence-electron chi connectivity index (χ2n) is 6.28. The molecule has 1 aliphatic rings. The van der Waals surface area contributed by atoms with Gasteiger partial charge in [0.2, 0.25) is 0 Å². The van der Waals surface area contributed by atoms with Crippen LogP contribution in [0, 0.1) is 13.8 Å². The lowest BCUT2D eigenvalue weighted by molar-refractivity contribution is 0.500. The summed E-state index contributed by atoms with van der Waals surface area (Å²) in [7, 11) is 0. The van der Waals surface area contributed by atoms with E-state index < -0.39 is 0 Å². The Kier molecular flexibility index (Phi) is 4.22. The van der Waals surface area contributed by atoms with E-state index in [1.165, 1.54) is 29.4 Å². The molecular formula is C18H25N3. The van der Waals surface area contributed by atoms with Gasteiger partial charge in [0, 0.05) is 36.3 Å². The summed E-state index contributed by atoms with van der Waals surface area (Å²) >= 11 is 0. The topological polar surface area (TPSA) is 37.0 Å². The number of nitrogens with zero attached hydrogens (tertiary/aromatic N) is 1. The van der Waals surface area contributed by atoms with Gasteiger partial charge in [-0.05, 0) is 50.8 Å². The van der Waals surface area contributed by atoms with Gasteiger partial charge in [-0.1, -0.05) is 18.2 Å². The van der Waals surface area contributed by atoms with Crippen LogP contribution in [0.25, 0.3) is 10.9 Å². The Hall–Kier alpha value is -1.45. The van der Waals surface area contributed by atoms with E-state index in [0.717, 1.165) is 30.3 Å². The second kappa shape index (κ2) is 6.12. The average molecular weight is 283 g/mol. The van der Waals surface area contributed by atoms with Gasteiger partial charge < -0.3 is 10.6 Å². The number of rotatable bonds is 6. The maximum Gasteiger partial charge on any atom is 0.0708 e. The number of fused-ring (bicyclic) bond motifs is 1. The first-order chi connectivity index (χ1) is 10.1. The summed E-state index contributed by atoms with van der Waals surface area (Å²) in [4.78, 5) is 4.69. The van der Waals surface area contributed by atoms with Crippen LogP contribution in [0.4, 0.5) is 0 Å². The van der Waals surface area contributed by atoms with Crippen LogP contribution in [0.15, 0.2) is 24.3 Å². The summed E-state index contributed by atoms with van der Waals surface area (Å²) in [5.74, 6) is 0. The number of hydrogen-bond acceptors (Lipinski definition) is 3. The van der Waals surface area contributed by atoms with Gasteiger partial charge in [0.05, 0.1) is 5.52 Å². The van der Waals surface area contributed by atoms with E-state index in [1.807, 2.05) is 0 Å². The molecule has 0 saturated heterocycles. The highest BCUT2D eigenvalue weighted by Gasteiger charge is 2.20. The summed E-state index contributed by atoms with van der Waals surface area (Å²) in [6.45, 7) is 8.48. The van der Waals surface area contributed by atoms with Crippen LogP contribution >= 0.6 is 0 Å². The van der Waals surface area contributed by atoms with Crippen molar-refractivity contribution in [2.24, 2.45) is 0 Å². The van der Waals surface area contributed by atoms with Gasteiger partial charge in [-0.15, -0.1) is 0 Å². The third-order valence-corrected chi connectivity index (χ3v) is 4.43. The number of hydrogen-bond donors (Lipinski definition) is 2. The van der Waals surface area contributed by atoms with Crippen LogP contribution in [0.5, 0.6) is 0 Å². The van der Waals surface area contributed by atoms with Crippen LogP contribution in [-0.2, 0) is 6.54 Å². The minimum atomic E-state index is 0.484. The number of aromatic nitrogens is 1. The zero-order chi connectivity index (χ0) is 14.8. The molecule has 3 nitrogen and oxygen atoms in total. The molecule has 0 amide bonds. The molecule has 1 unspecified atom stereocenters. The summed E-state index contributed by atoms with van der Waals surface area (Å²) in [6.07, 6.45) is 2.69. The Bertz CT molecular complexity index is 632. The summed E-state index contributed by atoms with van der Waals surface area (Å²) < 4.78 is 0. The Morgan fingerprint density at radius 2 is 2.00 bits per heavy atom. The molecule has 2 N–H and O–H groups in total. The molecule has 1 atom stereocenters. The first-order valence-electron chi connectivity index (χ1n) is 7.96. The fourth-order valence-corrected chi connectivity index (χ4v) is 2.72. The first-order valence-corrected chi connectivity index (χ1v) is 7.96. The molecule has 112 valence electrons. The maximum absolute atomic E-state index is 4.69. The summed E-state index contributed by atoms with van der Waals surface area (Å²) in [5, 5.41) is 8.51. The molecule has 21 heavy (non-hydrogen) atoms. The van der Waals surface area contributed by atoms with Crippen molar-refractivity contribution in [3.8, 4) is 0 Å². The largest absolute Gasteiger partial charge is 0.312 e. The molecular weight excluding hydrogens is 258 g/mol. The predicted octanol–water partition coefficient (Wildman–Crippen LogP) is 3.08. The Balaban J connectivity index is 1.74. The molecule has 1 heterocycles. The molecule has 2 aromatic rings. The van der Waals surface area contributed by atoms with Crippen LogP contribution < -0.4 is 10.6 Å². The van der Waals surface area contributed by atoms with Crippen LogP contribution in [-0.4, -0.2) is 23.6 Å². The molecule has 1 aromatic heterocycles. The molecule has 1 saturated carbocycles. The third-order valence-electron chi connectivity index (χ3n) is 4.43. The first kappa shape index (κ1) is 14.5. The minimum Gasteiger partial charge on any atom is -0.312 e. The molecule has 1 fully saturated rings. The SMILES string of the molecule is Cc1nc2ccccc2c(CNC(C)CNC2CC2)c1C. The van der Waals surface area contributed by atoms with Crippen molar-refractivity contribution >= 4 is 10.9 Å². The highest BCUT2D eigenvalue weighted by atomic mass is 15.0. The standard InChI is InChI=1S/C18H25N3/c1-12(10-20-15-8-9-15)19-11-17-13(2)14(3)21-18-7-5-4-6-16(17)18/h4-7,12,15,19-20H,8-11H2,1-3H3. The normalized spacial score (nSPS) is 16.3. The quantitative estimate of drug-likeness (QED) is 0.855. The Labute approximate surface area is 127 Å². The van der Waals surface area contributed by atoms with Gasteiger partial charge in [0.15, 0.2) is 0 Å². The summed E-state index contributed by atoms with van der Waals surface area (Å²) in [5.41, 5.74) is 4.93. The molecule has 0 radical (unpaired) electrons.